The predicted molar refractivity (Wildman–Crippen MR) is 90.8 cm³/mol. The average molecular weight is 384 g/mol. The normalized spacial score (nSPS) is 17.9. The highest BCUT2D eigenvalue weighted by Gasteiger charge is 2.40. The third-order valence-corrected chi connectivity index (χ3v) is 5.73. The predicted octanol–water partition coefficient (Wildman–Crippen LogP) is 2.33. The van der Waals surface area contributed by atoms with Crippen LogP contribution >= 0.6 is 11.8 Å². The van der Waals surface area contributed by atoms with Gasteiger partial charge in [-0.3, -0.25) is 4.79 Å². The summed E-state index contributed by atoms with van der Waals surface area (Å²) < 4.78 is 40.6. The van der Waals surface area contributed by atoms with Crippen LogP contribution in [0, 0.1) is 11.3 Å². The van der Waals surface area contributed by atoms with Gasteiger partial charge in [-0.25, -0.2) is 4.98 Å². The number of alkyl halides is 3. The third-order valence-electron chi connectivity index (χ3n) is 4.77. The second kappa shape index (κ2) is 7.45. The van der Waals surface area contributed by atoms with E-state index in [1.54, 1.807) is 11.0 Å². The molecule has 1 aliphatic carbocycles. The number of amides is 1. The number of rotatable bonds is 3. The van der Waals surface area contributed by atoms with Gasteiger partial charge in [0.15, 0.2) is 0 Å². The van der Waals surface area contributed by atoms with Crippen molar-refractivity contribution in [3.8, 4) is 6.07 Å². The number of halogens is 3. The summed E-state index contributed by atoms with van der Waals surface area (Å²) in [5, 5.41) is 9.35. The maximum atomic E-state index is 13.5. The molecular weight excluding hydrogens is 365 g/mol. The summed E-state index contributed by atoms with van der Waals surface area (Å²) in [5.41, 5.74) is -0.763. The van der Waals surface area contributed by atoms with Gasteiger partial charge in [0.05, 0.1) is 16.9 Å². The molecule has 1 amide bonds. The minimum Gasteiger partial charge on any atom is -0.339 e. The molecule has 1 aromatic heterocycles. The molecule has 1 aliphatic heterocycles. The van der Waals surface area contributed by atoms with E-state index in [2.05, 4.69) is 9.88 Å². The van der Waals surface area contributed by atoms with E-state index in [1.807, 2.05) is 7.05 Å². The van der Waals surface area contributed by atoms with Gasteiger partial charge in [-0.1, -0.05) is 11.8 Å². The Kier molecular flexibility index (Phi) is 5.44. The zero-order chi connectivity index (χ0) is 18.9. The van der Waals surface area contributed by atoms with Gasteiger partial charge >= 0.3 is 6.18 Å². The van der Waals surface area contributed by atoms with E-state index in [-0.39, 0.29) is 28.7 Å². The van der Waals surface area contributed by atoms with Crippen LogP contribution in [-0.4, -0.2) is 59.7 Å². The minimum absolute atomic E-state index is 0.0124. The van der Waals surface area contributed by atoms with E-state index >= 15 is 0 Å². The van der Waals surface area contributed by atoms with E-state index in [9.17, 15) is 23.2 Å². The van der Waals surface area contributed by atoms with Crippen molar-refractivity contribution in [1.29, 1.82) is 5.26 Å². The molecule has 1 saturated heterocycles. The number of hydrogen-bond acceptors (Lipinski definition) is 5. The molecule has 0 atom stereocenters. The molecule has 0 N–H and O–H groups in total. The highest BCUT2D eigenvalue weighted by Crippen LogP contribution is 2.41. The average Bonchev–Trinajstić information content (AvgIpc) is 3.05. The van der Waals surface area contributed by atoms with Crippen molar-refractivity contribution in [2.75, 3.05) is 39.0 Å². The molecule has 0 radical (unpaired) electrons. The first-order valence-electron chi connectivity index (χ1n) is 8.43. The largest absolute Gasteiger partial charge is 0.418 e. The molecule has 140 valence electrons. The number of carbonyl (C=O) groups is 1. The molecule has 0 aromatic carbocycles. The smallest absolute Gasteiger partial charge is 0.339 e. The lowest BCUT2D eigenvalue weighted by Gasteiger charge is -2.32. The zero-order valence-corrected chi connectivity index (χ0v) is 15.2. The molecule has 0 unspecified atom stereocenters. The summed E-state index contributed by atoms with van der Waals surface area (Å²) in [6, 6.07) is 1.67. The quantitative estimate of drug-likeness (QED) is 0.749. The number of carbonyl (C=O) groups excluding carboxylic acids is 1. The van der Waals surface area contributed by atoms with Gasteiger partial charge in [0.1, 0.15) is 11.1 Å². The van der Waals surface area contributed by atoms with Crippen molar-refractivity contribution in [3.63, 3.8) is 0 Å². The highest BCUT2D eigenvalue weighted by molar-refractivity contribution is 8.00. The van der Waals surface area contributed by atoms with E-state index in [4.69, 9.17) is 0 Å². The van der Waals surface area contributed by atoms with E-state index in [0.717, 1.165) is 24.9 Å². The Morgan fingerprint density at radius 2 is 1.96 bits per heavy atom. The van der Waals surface area contributed by atoms with Crippen molar-refractivity contribution in [2.45, 2.75) is 30.5 Å². The van der Waals surface area contributed by atoms with Crippen LogP contribution in [0.1, 0.15) is 28.8 Å². The first kappa shape index (κ1) is 19.0. The number of thioether (sulfide) groups is 1. The number of aryl methyl sites for hydroxylation is 1. The summed E-state index contributed by atoms with van der Waals surface area (Å²) in [6.45, 7) is 2.75. The van der Waals surface area contributed by atoms with E-state index in [1.165, 1.54) is 0 Å². The van der Waals surface area contributed by atoms with Gasteiger partial charge in [0.25, 0.3) is 0 Å². The lowest BCUT2D eigenvalue weighted by atomic mass is 10.0. The Morgan fingerprint density at radius 1 is 1.27 bits per heavy atom. The Hall–Kier alpha value is -1.79. The van der Waals surface area contributed by atoms with Gasteiger partial charge in [-0.2, -0.15) is 18.4 Å². The van der Waals surface area contributed by atoms with Crippen molar-refractivity contribution in [2.24, 2.45) is 0 Å². The van der Waals surface area contributed by atoms with Crippen LogP contribution < -0.4 is 0 Å². The third kappa shape index (κ3) is 3.81. The van der Waals surface area contributed by atoms with Crippen LogP contribution in [0.2, 0.25) is 0 Å². The fraction of sp³-hybridized carbons (Fsp3) is 0.588. The number of likely N-dealkylation sites (N-methyl/N-ethyl adjacent to an activating group) is 1. The van der Waals surface area contributed by atoms with Crippen molar-refractivity contribution in [3.05, 3.63) is 22.4 Å². The van der Waals surface area contributed by atoms with Gasteiger partial charge in [0.2, 0.25) is 5.91 Å². The number of aromatic nitrogens is 1. The number of piperazine rings is 1. The molecule has 0 bridgehead atoms. The summed E-state index contributed by atoms with van der Waals surface area (Å²) in [4.78, 5) is 20.5. The Balaban J connectivity index is 1.82. The number of nitrogens with zero attached hydrogens (tertiary/aromatic N) is 4. The standard InChI is InChI=1S/C17H19F3N4OS/c1-23-5-7-24(8-6-23)14(25)10-26-16-12(9-21)15(17(18,19)20)11-3-2-4-13(11)22-16/h2-8,10H2,1H3. The molecule has 9 heteroatoms. The van der Waals surface area contributed by atoms with Crippen molar-refractivity contribution >= 4 is 17.7 Å². The van der Waals surface area contributed by atoms with Crippen LogP contribution in [0.15, 0.2) is 5.03 Å². The van der Waals surface area contributed by atoms with Crippen LogP contribution in [-0.2, 0) is 23.8 Å². The molecule has 2 aliphatic rings. The summed E-state index contributed by atoms with van der Waals surface area (Å²) in [7, 11) is 1.98. The van der Waals surface area contributed by atoms with E-state index in [0.29, 0.717) is 31.6 Å². The Bertz CT molecular complexity index is 752. The van der Waals surface area contributed by atoms with Crippen molar-refractivity contribution < 1.29 is 18.0 Å². The van der Waals surface area contributed by atoms with Crippen molar-refractivity contribution in [1.82, 2.24) is 14.8 Å². The SMILES string of the molecule is CN1CCN(C(=O)CSc2nc3c(c(C(F)(F)F)c2C#N)CCC3)CC1. The highest BCUT2D eigenvalue weighted by atomic mass is 32.2. The maximum absolute atomic E-state index is 13.5. The second-order valence-electron chi connectivity index (χ2n) is 6.53. The van der Waals surface area contributed by atoms with Crippen LogP contribution in [0.5, 0.6) is 0 Å². The number of pyridine rings is 1. The minimum atomic E-state index is -4.60. The molecule has 1 aromatic rings. The lowest BCUT2D eigenvalue weighted by Crippen LogP contribution is -2.47. The number of hydrogen-bond donors (Lipinski definition) is 0. The van der Waals surface area contributed by atoms with Crippen LogP contribution in [0.4, 0.5) is 13.2 Å². The number of fused-ring (bicyclic) bond motifs is 1. The maximum Gasteiger partial charge on any atom is 0.418 e. The Labute approximate surface area is 154 Å². The summed E-state index contributed by atoms with van der Waals surface area (Å²) in [6.07, 6.45) is -3.23. The van der Waals surface area contributed by atoms with Crippen LogP contribution in [0.3, 0.4) is 0 Å². The molecular formula is C17H19F3N4OS. The first-order chi connectivity index (χ1) is 12.3. The van der Waals surface area contributed by atoms with Gasteiger partial charge in [-0.15, -0.1) is 0 Å². The topological polar surface area (TPSA) is 60.2 Å². The zero-order valence-electron chi connectivity index (χ0n) is 14.4. The molecule has 0 spiro atoms. The monoisotopic (exact) mass is 384 g/mol. The van der Waals surface area contributed by atoms with Gasteiger partial charge in [0, 0.05) is 31.9 Å². The Morgan fingerprint density at radius 3 is 2.58 bits per heavy atom. The summed E-state index contributed by atoms with van der Waals surface area (Å²) >= 11 is 0.932. The van der Waals surface area contributed by atoms with E-state index < -0.39 is 17.3 Å². The molecule has 1 fully saturated rings. The molecule has 3 rings (SSSR count). The fourth-order valence-corrected chi connectivity index (χ4v) is 4.26. The number of nitriles is 1. The molecule has 5 nitrogen and oxygen atoms in total. The molecule has 26 heavy (non-hydrogen) atoms. The second-order valence-corrected chi connectivity index (χ2v) is 7.49. The fourth-order valence-electron chi connectivity index (χ4n) is 3.35. The summed E-state index contributed by atoms with van der Waals surface area (Å²) in [5.74, 6) is -0.149. The van der Waals surface area contributed by atoms with Crippen LogP contribution in [0.25, 0.3) is 0 Å². The van der Waals surface area contributed by atoms with Gasteiger partial charge in [-0.05, 0) is 31.9 Å². The van der Waals surface area contributed by atoms with Gasteiger partial charge < -0.3 is 9.80 Å². The molecule has 0 saturated carbocycles. The lowest BCUT2D eigenvalue weighted by molar-refractivity contribution is -0.138. The first-order valence-corrected chi connectivity index (χ1v) is 9.42. The molecule has 2 heterocycles.